The molecule has 20 heavy (non-hydrogen) atoms. The highest BCUT2D eigenvalue weighted by Gasteiger charge is 2.46. The van der Waals surface area contributed by atoms with Crippen molar-refractivity contribution in [3.63, 3.8) is 0 Å². The van der Waals surface area contributed by atoms with Gasteiger partial charge < -0.3 is 9.47 Å². The average Bonchev–Trinajstić information content (AvgIpc) is 2.38. The molecule has 3 rings (SSSR count). The third kappa shape index (κ3) is 2.10. The number of nitrogens with zero attached hydrogens (tertiary/aromatic N) is 2. The maximum Gasteiger partial charge on any atom is 0.471 e. The summed E-state index contributed by atoms with van der Waals surface area (Å²) in [7, 11) is 0. The van der Waals surface area contributed by atoms with Crippen molar-refractivity contribution in [2.45, 2.75) is 25.1 Å². The summed E-state index contributed by atoms with van der Waals surface area (Å²) in [5.74, 6) is -2.06. The number of piperidine rings is 1. The van der Waals surface area contributed by atoms with Crippen molar-refractivity contribution in [3.8, 4) is 0 Å². The van der Waals surface area contributed by atoms with Gasteiger partial charge in [0.25, 0.3) is 5.56 Å². The molecule has 0 saturated carbocycles. The predicted molar refractivity (Wildman–Crippen MR) is 64.2 cm³/mol. The molecule has 108 valence electrons. The normalized spacial score (nSPS) is 25.2. The number of amides is 1. The van der Waals surface area contributed by atoms with E-state index in [4.69, 9.17) is 0 Å². The summed E-state index contributed by atoms with van der Waals surface area (Å²) in [5, 5.41) is 0. The number of fused-ring (bicyclic) bond motifs is 4. The van der Waals surface area contributed by atoms with E-state index in [0.717, 1.165) is 17.0 Å². The Balaban J connectivity index is 1.91. The van der Waals surface area contributed by atoms with Gasteiger partial charge in [0, 0.05) is 37.3 Å². The summed E-state index contributed by atoms with van der Waals surface area (Å²) in [5.41, 5.74) is 0.598. The minimum Gasteiger partial charge on any atom is -0.334 e. The molecule has 0 radical (unpaired) electrons. The van der Waals surface area contributed by atoms with E-state index >= 15 is 0 Å². The first kappa shape index (κ1) is 13.2. The summed E-state index contributed by atoms with van der Waals surface area (Å²) in [4.78, 5) is 24.0. The highest BCUT2D eigenvalue weighted by molar-refractivity contribution is 5.82. The van der Waals surface area contributed by atoms with Crippen molar-refractivity contribution >= 4 is 5.91 Å². The van der Waals surface area contributed by atoms with Crippen LogP contribution >= 0.6 is 0 Å². The summed E-state index contributed by atoms with van der Waals surface area (Å²) >= 11 is 0. The van der Waals surface area contributed by atoms with Crippen molar-refractivity contribution in [1.29, 1.82) is 0 Å². The fourth-order valence-corrected chi connectivity index (χ4v) is 3.24. The van der Waals surface area contributed by atoms with Crippen molar-refractivity contribution in [2.24, 2.45) is 5.92 Å². The number of rotatable bonds is 0. The maximum atomic E-state index is 12.5. The van der Waals surface area contributed by atoms with Gasteiger partial charge in [-0.2, -0.15) is 13.2 Å². The van der Waals surface area contributed by atoms with E-state index in [1.165, 1.54) is 6.07 Å². The zero-order valence-corrected chi connectivity index (χ0v) is 10.6. The average molecular weight is 286 g/mol. The standard InChI is InChI=1S/C13H13F3N2O2/c14-13(15,16)12(20)17-5-8-4-9(7-17)10-2-1-3-11(19)18(10)6-8/h1-3,8-9H,4-7H2. The fourth-order valence-electron chi connectivity index (χ4n) is 3.24. The highest BCUT2D eigenvalue weighted by Crippen LogP contribution is 2.36. The molecule has 1 fully saturated rings. The Morgan fingerprint density at radius 3 is 2.65 bits per heavy atom. The van der Waals surface area contributed by atoms with Gasteiger partial charge in [-0.05, 0) is 18.4 Å². The first-order valence-electron chi connectivity index (χ1n) is 6.42. The number of alkyl halides is 3. The predicted octanol–water partition coefficient (Wildman–Crippen LogP) is 1.36. The topological polar surface area (TPSA) is 42.3 Å². The summed E-state index contributed by atoms with van der Waals surface area (Å²) in [6.45, 7) is 0.473. The largest absolute Gasteiger partial charge is 0.471 e. The van der Waals surface area contributed by atoms with Crippen LogP contribution in [0.3, 0.4) is 0 Å². The molecule has 1 saturated heterocycles. The molecule has 0 aliphatic carbocycles. The summed E-state index contributed by atoms with van der Waals surface area (Å²) in [6.07, 6.45) is -4.10. The Kier molecular flexibility index (Phi) is 2.88. The SMILES string of the molecule is O=C(N1CC2CC(C1)c1cccc(=O)n1C2)C(F)(F)F. The van der Waals surface area contributed by atoms with Gasteiger partial charge in [-0.1, -0.05) is 6.07 Å². The van der Waals surface area contributed by atoms with E-state index in [2.05, 4.69) is 0 Å². The number of hydrogen-bond donors (Lipinski definition) is 0. The zero-order chi connectivity index (χ0) is 14.5. The van der Waals surface area contributed by atoms with Gasteiger partial charge in [0.05, 0.1) is 0 Å². The molecule has 4 nitrogen and oxygen atoms in total. The second-order valence-electron chi connectivity index (χ2n) is 5.41. The molecule has 2 unspecified atom stereocenters. The quantitative estimate of drug-likeness (QED) is 0.722. The monoisotopic (exact) mass is 286 g/mol. The molecule has 0 spiro atoms. The molecule has 7 heteroatoms. The van der Waals surface area contributed by atoms with Crippen LogP contribution in [0.15, 0.2) is 23.0 Å². The van der Waals surface area contributed by atoms with Crippen LogP contribution in [0.5, 0.6) is 0 Å². The van der Waals surface area contributed by atoms with Gasteiger partial charge in [0.15, 0.2) is 0 Å². The van der Waals surface area contributed by atoms with E-state index in [1.807, 2.05) is 0 Å². The molecule has 0 aromatic carbocycles. The Hall–Kier alpha value is -1.79. The number of likely N-dealkylation sites (tertiary alicyclic amines) is 1. The molecule has 2 aliphatic rings. The number of halogens is 3. The fraction of sp³-hybridized carbons (Fsp3) is 0.538. The number of carbonyl (C=O) groups excluding carboxylic acids is 1. The maximum absolute atomic E-state index is 12.5. The lowest BCUT2D eigenvalue weighted by molar-refractivity contribution is -0.187. The second kappa shape index (κ2) is 4.36. The molecule has 3 heterocycles. The zero-order valence-electron chi connectivity index (χ0n) is 10.6. The van der Waals surface area contributed by atoms with E-state index in [9.17, 15) is 22.8 Å². The Bertz CT molecular complexity index is 608. The van der Waals surface area contributed by atoms with Gasteiger partial charge in [0.2, 0.25) is 0 Å². The smallest absolute Gasteiger partial charge is 0.334 e. The van der Waals surface area contributed by atoms with Gasteiger partial charge in [-0.15, -0.1) is 0 Å². The molecule has 1 aromatic rings. The van der Waals surface area contributed by atoms with Crippen LogP contribution in [-0.4, -0.2) is 34.6 Å². The van der Waals surface area contributed by atoms with Crippen LogP contribution in [-0.2, 0) is 11.3 Å². The first-order valence-corrected chi connectivity index (χ1v) is 6.42. The Morgan fingerprint density at radius 2 is 1.95 bits per heavy atom. The lowest BCUT2D eigenvalue weighted by Gasteiger charge is -2.42. The van der Waals surface area contributed by atoms with Gasteiger partial charge in [0.1, 0.15) is 0 Å². The lowest BCUT2D eigenvalue weighted by atomic mass is 9.83. The van der Waals surface area contributed by atoms with Crippen LogP contribution in [0.4, 0.5) is 13.2 Å². The minimum atomic E-state index is -4.83. The van der Waals surface area contributed by atoms with E-state index in [0.29, 0.717) is 6.54 Å². The summed E-state index contributed by atoms with van der Waals surface area (Å²) in [6, 6.07) is 4.81. The number of hydrogen-bond acceptors (Lipinski definition) is 2. The number of aromatic nitrogens is 1. The number of pyridine rings is 1. The van der Waals surface area contributed by atoms with Crippen molar-refractivity contribution in [2.75, 3.05) is 13.1 Å². The van der Waals surface area contributed by atoms with Crippen molar-refractivity contribution in [1.82, 2.24) is 9.47 Å². The van der Waals surface area contributed by atoms with E-state index in [-0.39, 0.29) is 30.5 Å². The minimum absolute atomic E-state index is 0.0261. The molecular weight excluding hydrogens is 273 g/mol. The molecular formula is C13H13F3N2O2. The van der Waals surface area contributed by atoms with Crippen molar-refractivity contribution in [3.05, 3.63) is 34.2 Å². The Morgan fingerprint density at radius 1 is 1.20 bits per heavy atom. The third-order valence-electron chi connectivity index (χ3n) is 4.01. The highest BCUT2D eigenvalue weighted by atomic mass is 19.4. The van der Waals surface area contributed by atoms with Gasteiger partial charge in [-0.3, -0.25) is 9.59 Å². The van der Waals surface area contributed by atoms with E-state index in [1.54, 1.807) is 16.7 Å². The molecule has 1 aromatic heterocycles. The molecule has 2 aliphatic heterocycles. The van der Waals surface area contributed by atoms with Crippen LogP contribution in [0.1, 0.15) is 18.0 Å². The Labute approximate surface area is 112 Å². The van der Waals surface area contributed by atoms with Crippen LogP contribution in [0, 0.1) is 5.92 Å². The van der Waals surface area contributed by atoms with E-state index < -0.39 is 12.1 Å². The summed E-state index contributed by atoms with van der Waals surface area (Å²) < 4.78 is 39.2. The number of carbonyl (C=O) groups is 1. The first-order chi connectivity index (χ1) is 9.36. The lowest BCUT2D eigenvalue weighted by Crippen LogP contribution is -2.52. The molecule has 2 bridgehead atoms. The van der Waals surface area contributed by atoms with Gasteiger partial charge in [-0.25, -0.2) is 0 Å². The van der Waals surface area contributed by atoms with Gasteiger partial charge >= 0.3 is 12.1 Å². The van der Waals surface area contributed by atoms with Crippen LogP contribution in [0.2, 0.25) is 0 Å². The molecule has 2 atom stereocenters. The van der Waals surface area contributed by atoms with Crippen LogP contribution < -0.4 is 5.56 Å². The van der Waals surface area contributed by atoms with Crippen molar-refractivity contribution < 1.29 is 18.0 Å². The second-order valence-corrected chi connectivity index (χ2v) is 5.41. The molecule has 0 N–H and O–H groups in total. The molecule has 1 amide bonds. The third-order valence-corrected chi connectivity index (χ3v) is 4.01. The van der Waals surface area contributed by atoms with Crippen LogP contribution in [0.25, 0.3) is 0 Å².